The van der Waals surface area contributed by atoms with Gasteiger partial charge in [-0.25, -0.2) is 0 Å². The van der Waals surface area contributed by atoms with E-state index in [1.165, 1.54) is 0 Å². The highest BCUT2D eigenvalue weighted by atomic mass is 16.2. The van der Waals surface area contributed by atoms with Crippen molar-refractivity contribution in [3.63, 3.8) is 0 Å². The Morgan fingerprint density at radius 2 is 1.25 bits per heavy atom. The van der Waals surface area contributed by atoms with Crippen LogP contribution < -0.4 is 9.80 Å². The van der Waals surface area contributed by atoms with Gasteiger partial charge in [0.15, 0.2) is 0 Å². The number of likely N-dealkylation sites (N-methyl/N-ethyl adjacent to an activating group) is 2. The topological polar surface area (TPSA) is 40.6 Å². The Labute approximate surface area is 93.5 Å². The van der Waals surface area contributed by atoms with Gasteiger partial charge in [0.2, 0.25) is 11.6 Å². The summed E-state index contributed by atoms with van der Waals surface area (Å²) in [5.74, 6) is -0.539. The largest absolute Gasteiger partial charge is 0.360 e. The van der Waals surface area contributed by atoms with E-state index in [2.05, 4.69) is 0 Å². The van der Waals surface area contributed by atoms with E-state index in [-0.39, 0.29) is 23.7 Å². The molecule has 0 radical (unpaired) electrons. The van der Waals surface area contributed by atoms with Gasteiger partial charge in [-0.05, 0) is 12.1 Å². The van der Waals surface area contributed by atoms with Crippen LogP contribution in [0.1, 0.15) is 0 Å². The van der Waals surface area contributed by atoms with Crippen LogP contribution in [0.3, 0.4) is 0 Å². The molecule has 1 heterocycles. The number of hydrogen-bond donors (Lipinski definition) is 0. The first kappa shape index (κ1) is 9.39. The second-order valence-corrected chi connectivity index (χ2v) is 4.33. The average Bonchev–Trinajstić information content (AvgIpc) is 2.32. The van der Waals surface area contributed by atoms with Crippen molar-refractivity contribution in [2.45, 2.75) is 12.1 Å². The van der Waals surface area contributed by atoms with Gasteiger partial charge in [-0.15, -0.1) is 0 Å². The lowest BCUT2D eigenvalue weighted by Crippen LogP contribution is -2.72. The Bertz CT molecular complexity index is 453. The standard InChI is InChI=1S/C12H12N2O2/c1-13-7-5-3-4-6-8(7)14(2)10-9(13)11(15)12(10)16/h3-6,9-10H,1-2H3. The monoisotopic (exact) mass is 216 g/mol. The van der Waals surface area contributed by atoms with Crippen molar-refractivity contribution in [2.75, 3.05) is 23.9 Å². The van der Waals surface area contributed by atoms with Gasteiger partial charge >= 0.3 is 0 Å². The molecule has 16 heavy (non-hydrogen) atoms. The van der Waals surface area contributed by atoms with Gasteiger partial charge in [-0.3, -0.25) is 9.59 Å². The van der Waals surface area contributed by atoms with Crippen LogP contribution in [0.25, 0.3) is 0 Å². The molecule has 0 aromatic heterocycles. The number of fused-ring (bicyclic) bond motifs is 2. The van der Waals surface area contributed by atoms with Crippen molar-refractivity contribution >= 4 is 22.9 Å². The number of carbonyl (C=O) groups is 2. The first-order valence-corrected chi connectivity index (χ1v) is 5.25. The fourth-order valence-corrected chi connectivity index (χ4v) is 2.62. The fraction of sp³-hybridized carbons (Fsp3) is 0.333. The Morgan fingerprint density at radius 3 is 1.62 bits per heavy atom. The highest BCUT2D eigenvalue weighted by Gasteiger charge is 2.56. The number of benzene rings is 1. The summed E-state index contributed by atoms with van der Waals surface area (Å²) in [5, 5.41) is 0. The maximum atomic E-state index is 11.5. The lowest BCUT2D eigenvalue weighted by Gasteiger charge is -2.50. The van der Waals surface area contributed by atoms with E-state index in [1.54, 1.807) is 0 Å². The predicted octanol–water partition coefficient (Wildman–Crippen LogP) is 0.462. The normalized spacial score (nSPS) is 27.4. The number of carbonyl (C=O) groups excluding carboxylic acids is 2. The molecule has 1 fully saturated rings. The van der Waals surface area contributed by atoms with E-state index in [0.717, 1.165) is 11.4 Å². The minimum absolute atomic E-state index is 0.270. The minimum Gasteiger partial charge on any atom is -0.360 e. The Kier molecular flexibility index (Phi) is 1.67. The third kappa shape index (κ3) is 0.894. The summed E-state index contributed by atoms with van der Waals surface area (Å²) >= 11 is 0. The van der Waals surface area contributed by atoms with E-state index in [9.17, 15) is 9.59 Å². The molecule has 1 aromatic carbocycles. The van der Waals surface area contributed by atoms with Crippen LogP contribution in [0, 0.1) is 0 Å². The van der Waals surface area contributed by atoms with Gasteiger partial charge in [0, 0.05) is 14.1 Å². The smallest absolute Gasteiger partial charge is 0.225 e. The van der Waals surface area contributed by atoms with Crippen LogP contribution in [-0.2, 0) is 9.59 Å². The third-order valence-corrected chi connectivity index (χ3v) is 3.56. The lowest BCUT2D eigenvalue weighted by molar-refractivity contribution is -0.145. The van der Waals surface area contributed by atoms with Crippen molar-refractivity contribution in [1.82, 2.24) is 0 Å². The zero-order chi connectivity index (χ0) is 11.4. The van der Waals surface area contributed by atoms with Crippen LogP contribution in [0.2, 0.25) is 0 Å². The molecule has 1 aromatic rings. The molecule has 4 heteroatoms. The van der Waals surface area contributed by atoms with Gasteiger partial charge in [0.25, 0.3) is 0 Å². The molecule has 3 rings (SSSR count). The number of anilines is 2. The van der Waals surface area contributed by atoms with Crippen LogP contribution >= 0.6 is 0 Å². The summed E-state index contributed by atoms with van der Waals surface area (Å²) in [4.78, 5) is 26.9. The summed E-state index contributed by atoms with van der Waals surface area (Å²) in [7, 11) is 3.74. The Balaban J connectivity index is 2.15. The van der Waals surface area contributed by atoms with Gasteiger partial charge in [-0.2, -0.15) is 0 Å². The highest BCUT2D eigenvalue weighted by molar-refractivity contribution is 6.50. The molecule has 2 unspecified atom stereocenters. The van der Waals surface area contributed by atoms with Crippen molar-refractivity contribution in [3.8, 4) is 0 Å². The highest BCUT2D eigenvalue weighted by Crippen LogP contribution is 2.40. The summed E-state index contributed by atoms with van der Waals surface area (Å²) in [6, 6.07) is 7.22. The van der Waals surface area contributed by atoms with E-state index >= 15 is 0 Å². The predicted molar refractivity (Wildman–Crippen MR) is 60.8 cm³/mol. The first-order chi connectivity index (χ1) is 7.63. The van der Waals surface area contributed by atoms with Crippen LogP contribution in [-0.4, -0.2) is 37.7 Å². The molecule has 2 atom stereocenters. The molecule has 0 amide bonds. The molecule has 0 bridgehead atoms. The Hall–Kier alpha value is -1.84. The zero-order valence-corrected chi connectivity index (χ0v) is 9.18. The fourth-order valence-electron chi connectivity index (χ4n) is 2.62. The van der Waals surface area contributed by atoms with Gasteiger partial charge in [0.05, 0.1) is 11.4 Å². The zero-order valence-electron chi connectivity index (χ0n) is 9.18. The third-order valence-electron chi connectivity index (χ3n) is 3.56. The Morgan fingerprint density at radius 1 is 0.875 bits per heavy atom. The van der Waals surface area contributed by atoms with Crippen molar-refractivity contribution in [3.05, 3.63) is 24.3 Å². The molecule has 0 spiro atoms. The van der Waals surface area contributed by atoms with E-state index in [1.807, 2.05) is 48.2 Å². The summed E-state index contributed by atoms with van der Waals surface area (Å²) in [6.07, 6.45) is 0. The lowest BCUT2D eigenvalue weighted by atomic mass is 9.78. The van der Waals surface area contributed by atoms with E-state index < -0.39 is 0 Å². The molecule has 0 saturated heterocycles. The van der Waals surface area contributed by atoms with Crippen LogP contribution in [0.15, 0.2) is 24.3 Å². The molecule has 1 aliphatic heterocycles. The average molecular weight is 216 g/mol. The number of Topliss-reactive ketones (excluding diaryl/α,β-unsaturated/α-hetero) is 2. The molecule has 1 aliphatic carbocycles. The number of hydrogen-bond acceptors (Lipinski definition) is 4. The number of rotatable bonds is 0. The molecule has 0 N–H and O–H groups in total. The van der Waals surface area contributed by atoms with Crippen molar-refractivity contribution in [1.29, 1.82) is 0 Å². The molecule has 82 valence electrons. The molecule has 4 nitrogen and oxygen atoms in total. The summed E-state index contributed by atoms with van der Waals surface area (Å²) in [6.45, 7) is 0. The quantitative estimate of drug-likeness (QED) is 0.591. The SMILES string of the molecule is CN1c2ccccc2N(C)C2C(=O)C(=O)C21. The van der Waals surface area contributed by atoms with Gasteiger partial charge in [0.1, 0.15) is 12.1 Å². The van der Waals surface area contributed by atoms with E-state index in [0.29, 0.717) is 0 Å². The molecular formula is C12H12N2O2. The van der Waals surface area contributed by atoms with Crippen molar-refractivity contribution in [2.24, 2.45) is 0 Å². The summed E-state index contributed by atoms with van der Waals surface area (Å²) in [5.41, 5.74) is 2.01. The van der Waals surface area contributed by atoms with Crippen LogP contribution in [0.5, 0.6) is 0 Å². The maximum absolute atomic E-state index is 11.5. The molecule has 1 saturated carbocycles. The first-order valence-electron chi connectivity index (χ1n) is 5.25. The number of para-hydroxylation sites is 2. The molecule has 2 aliphatic rings. The second kappa shape index (κ2) is 2.84. The van der Waals surface area contributed by atoms with E-state index in [4.69, 9.17) is 0 Å². The molecular weight excluding hydrogens is 204 g/mol. The summed E-state index contributed by atoms with van der Waals surface area (Å²) < 4.78 is 0. The number of nitrogens with zero attached hydrogens (tertiary/aromatic N) is 2. The second-order valence-electron chi connectivity index (χ2n) is 4.33. The van der Waals surface area contributed by atoms with Gasteiger partial charge < -0.3 is 9.80 Å². The van der Waals surface area contributed by atoms with Crippen LogP contribution in [0.4, 0.5) is 11.4 Å². The maximum Gasteiger partial charge on any atom is 0.225 e. The number of ketones is 2. The minimum atomic E-state index is -0.299. The van der Waals surface area contributed by atoms with Crippen molar-refractivity contribution < 1.29 is 9.59 Å². The van der Waals surface area contributed by atoms with Gasteiger partial charge in [-0.1, -0.05) is 12.1 Å².